The summed E-state index contributed by atoms with van der Waals surface area (Å²) in [6.07, 6.45) is 0.184. The molecule has 2 N–H and O–H groups in total. The molecule has 28 heavy (non-hydrogen) atoms. The lowest BCUT2D eigenvalue weighted by molar-refractivity contribution is -0.139. The molecule has 0 atom stereocenters. The Labute approximate surface area is 166 Å². The maximum Gasteiger partial charge on any atom is 0.310 e. The molecule has 0 aliphatic rings. The second-order valence-corrected chi connectivity index (χ2v) is 7.20. The molecule has 0 fully saturated rings. The number of aromatic nitrogens is 1. The third-order valence-corrected chi connectivity index (χ3v) is 5.28. The predicted molar refractivity (Wildman–Crippen MR) is 114 cm³/mol. The smallest absolute Gasteiger partial charge is 0.310 e. The van der Waals surface area contributed by atoms with Gasteiger partial charge in [-0.25, -0.2) is 0 Å². The molecule has 3 rings (SSSR count). The van der Waals surface area contributed by atoms with Crippen LogP contribution in [0.1, 0.15) is 27.9 Å². The number of pyridine rings is 1. The summed E-state index contributed by atoms with van der Waals surface area (Å²) in [5.41, 5.74) is 15.9. The SMILES string of the molecule is COC(=O)Cc1c(C)nc(-c2ccc(C)c(C)c2)c(C)c1-c1ccc(N)cc1. The first kappa shape index (κ1) is 19.6. The number of nitrogens with zero attached hydrogens (tertiary/aromatic N) is 1. The standard InChI is InChI=1S/C24H26N2O2/c1-14-6-7-19(12-15(14)2)24-16(3)23(18-8-10-20(25)11-9-18)21(17(4)26-24)13-22(27)28-5/h6-12H,13,25H2,1-5H3. The number of carbonyl (C=O) groups is 1. The summed E-state index contributed by atoms with van der Waals surface area (Å²) in [5.74, 6) is -0.278. The first-order valence-electron chi connectivity index (χ1n) is 9.32. The van der Waals surface area contributed by atoms with Crippen LogP contribution in [0.4, 0.5) is 5.69 Å². The van der Waals surface area contributed by atoms with E-state index in [-0.39, 0.29) is 12.4 Å². The van der Waals surface area contributed by atoms with Crippen LogP contribution in [0.15, 0.2) is 42.5 Å². The quantitative estimate of drug-likeness (QED) is 0.518. The van der Waals surface area contributed by atoms with Gasteiger partial charge in [-0.3, -0.25) is 9.78 Å². The van der Waals surface area contributed by atoms with Crippen LogP contribution in [-0.4, -0.2) is 18.1 Å². The average molecular weight is 374 g/mol. The van der Waals surface area contributed by atoms with Crippen LogP contribution in [0.2, 0.25) is 0 Å². The van der Waals surface area contributed by atoms with Crippen LogP contribution in [0.3, 0.4) is 0 Å². The zero-order chi connectivity index (χ0) is 20.4. The Balaban J connectivity index is 2.28. The van der Waals surface area contributed by atoms with E-state index in [9.17, 15) is 4.79 Å². The summed E-state index contributed by atoms with van der Waals surface area (Å²) in [7, 11) is 1.41. The van der Waals surface area contributed by atoms with Crippen LogP contribution < -0.4 is 5.73 Å². The summed E-state index contributed by atoms with van der Waals surface area (Å²) in [5, 5.41) is 0. The van der Waals surface area contributed by atoms with Crippen molar-refractivity contribution in [1.82, 2.24) is 4.98 Å². The molecule has 2 aromatic carbocycles. The van der Waals surface area contributed by atoms with Crippen molar-refractivity contribution in [2.24, 2.45) is 0 Å². The van der Waals surface area contributed by atoms with Gasteiger partial charge in [-0.1, -0.05) is 24.3 Å². The Morgan fingerprint density at radius 2 is 1.61 bits per heavy atom. The Bertz CT molecular complexity index is 1040. The number of esters is 1. The molecule has 0 saturated heterocycles. The van der Waals surface area contributed by atoms with E-state index in [1.54, 1.807) is 0 Å². The number of nitrogens with two attached hydrogens (primary N) is 1. The van der Waals surface area contributed by atoms with Gasteiger partial charge in [0.15, 0.2) is 0 Å². The van der Waals surface area contributed by atoms with E-state index >= 15 is 0 Å². The number of ether oxygens (including phenoxy) is 1. The normalized spacial score (nSPS) is 10.8. The maximum atomic E-state index is 12.0. The van der Waals surface area contributed by atoms with Gasteiger partial charge in [-0.2, -0.15) is 0 Å². The molecule has 0 amide bonds. The Hall–Kier alpha value is -3.14. The van der Waals surface area contributed by atoms with Crippen molar-refractivity contribution in [1.29, 1.82) is 0 Å². The van der Waals surface area contributed by atoms with Gasteiger partial charge in [0.05, 0.1) is 19.2 Å². The minimum absolute atomic E-state index is 0.184. The third-order valence-electron chi connectivity index (χ3n) is 5.28. The molecule has 3 aromatic rings. The van der Waals surface area contributed by atoms with Gasteiger partial charge in [0.25, 0.3) is 0 Å². The zero-order valence-corrected chi connectivity index (χ0v) is 17.1. The molecule has 0 aliphatic carbocycles. The van der Waals surface area contributed by atoms with Gasteiger partial charge in [-0.15, -0.1) is 0 Å². The molecule has 0 saturated carbocycles. The van der Waals surface area contributed by atoms with Gasteiger partial charge in [0.2, 0.25) is 0 Å². The Morgan fingerprint density at radius 3 is 2.21 bits per heavy atom. The molecule has 0 unspecified atom stereocenters. The number of hydrogen-bond donors (Lipinski definition) is 1. The van der Waals surface area contributed by atoms with Crippen molar-refractivity contribution < 1.29 is 9.53 Å². The van der Waals surface area contributed by atoms with Crippen molar-refractivity contribution >= 4 is 11.7 Å². The number of hydrogen-bond acceptors (Lipinski definition) is 4. The van der Waals surface area contributed by atoms with Crippen molar-refractivity contribution in [2.45, 2.75) is 34.1 Å². The van der Waals surface area contributed by atoms with Crippen molar-refractivity contribution in [3.8, 4) is 22.4 Å². The highest BCUT2D eigenvalue weighted by Gasteiger charge is 2.20. The first-order valence-corrected chi connectivity index (χ1v) is 9.32. The molecule has 4 nitrogen and oxygen atoms in total. The van der Waals surface area contributed by atoms with E-state index in [1.165, 1.54) is 18.2 Å². The number of rotatable bonds is 4. The van der Waals surface area contributed by atoms with Crippen LogP contribution in [0.5, 0.6) is 0 Å². The maximum absolute atomic E-state index is 12.0. The summed E-state index contributed by atoms with van der Waals surface area (Å²) < 4.78 is 4.92. The van der Waals surface area contributed by atoms with Crippen LogP contribution in [0, 0.1) is 27.7 Å². The topological polar surface area (TPSA) is 65.2 Å². The van der Waals surface area contributed by atoms with E-state index in [1.807, 2.05) is 31.2 Å². The first-order chi connectivity index (χ1) is 13.3. The number of anilines is 1. The fourth-order valence-electron chi connectivity index (χ4n) is 3.49. The third kappa shape index (κ3) is 3.77. The molecule has 0 aliphatic heterocycles. The van der Waals surface area contributed by atoms with Crippen LogP contribution in [0.25, 0.3) is 22.4 Å². The molecule has 1 aromatic heterocycles. The van der Waals surface area contributed by atoms with Crippen molar-refractivity contribution in [3.05, 3.63) is 70.4 Å². The van der Waals surface area contributed by atoms with E-state index in [2.05, 4.69) is 39.0 Å². The number of benzene rings is 2. The Morgan fingerprint density at radius 1 is 0.964 bits per heavy atom. The Kier molecular flexibility index (Phi) is 5.50. The average Bonchev–Trinajstić information content (AvgIpc) is 2.67. The fraction of sp³-hybridized carbons (Fsp3) is 0.250. The monoisotopic (exact) mass is 374 g/mol. The number of methoxy groups -OCH3 is 1. The largest absolute Gasteiger partial charge is 0.469 e. The molecule has 0 radical (unpaired) electrons. The van der Waals surface area contributed by atoms with E-state index < -0.39 is 0 Å². The summed E-state index contributed by atoms with van der Waals surface area (Å²) >= 11 is 0. The van der Waals surface area contributed by atoms with Crippen molar-refractivity contribution in [2.75, 3.05) is 12.8 Å². The second kappa shape index (κ2) is 7.85. The molecule has 4 heteroatoms. The molecule has 0 bridgehead atoms. The lowest BCUT2D eigenvalue weighted by Gasteiger charge is -2.19. The molecule has 144 valence electrons. The van der Waals surface area contributed by atoms with Gasteiger partial charge >= 0.3 is 5.97 Å². The van der Waals surface area contributed by atoms with Gasteiger partial charge in [0.1, 0.15) is 0 Å². The highest BCUT2D eigenvalue weighted by atomic mass is 16.5. The van der Waals surface area contributed by atoms with Gasteiger partial charge in [0, 0.05) is 16.9 Å². The number of carbonyl (C=O) groups excluding carboxylic acids is 1. The predicted octanol–water partition coefficient (Wildman–Crippen LogP) is 4.95. The molecule has 1 heterocycles. The van der Waals surface area contributed by atoms with E-state index in [0.717, 1.165) is 39.2 Å². The molecular weight excluding hydrogens is 348 g/mol. The highest BCUT2D eigenvalue weighted by molar-refractivity contribution is 5.84. The summed E-state index contributed by atoms with van der Waals surface area (Å²) in [6.45, 7) is 8.21. The summed E-state index contributed by atoms with van der Waals surface area (Å²) in [4.78, 5) is 16.9. The second-order valence-electron chi connectivity index (χ2n) is 7.20. The summed E-state index contributed by atoms with van der Waals surface area (Å²) in [6, 6.07) is 14.1. The van der Waals surface area contributed by atoms with Crippen LogP contribution in [-0.2, 0) is 16.0 Å². The number of nitrogen functional groups attached to an aromatic ring is 1. The zero-order valence-electron chi connectivity index (χ0n) is 17.1. The van der Waals surface area contributed by atoms with Crippen molar-refractivity contribution in [3.63, 3.8) is 0 Å². The van der Waals surface area contributed by atoms with Gasteiger partial charge < -0.3 is 10.5 Å². The van der Waals surface area contributed by atoms with Gasteiger partial charge in [-0.05, 0) is 79.3 Å². The molecule has 0 spiro atoms. The number of aryl methyl sites for hydroxylation is 3. The fourth-order valence-corrected chi connectivity index (χ4v) is 3.49. The minimum Gasteiger partial charge on any atom is -0.469 e. The highest BCUT2D eigenvalue weighted by Crippen LogP contribution is 2.36. The van der Waals surface area contributed by atoms with E-state index in [4.69, 9.17) is 15.5 Å². The minimum atomic E-state index is -0.278. The lowest BCUT2D eigenvalue weighted by Crippen LogP contribution is -2.10. The van der Waals surface area contributed by atoms with E-state index in [0.29, 0.717) is 5.69 Å². The lowest BCUT2D eigenvalue weighted by atomic mass is 9.89. The molecular formula is C24H26N2O2. The van der Waals surface area contributed by atoms with Crippen LogP contribution >= 0.6 is 0 Å².